The lowest BCUT2D eigenvalue weighted by molar-refractivity contribution is -0.145. The molecule has 0 saturated carbocycles. The number of fused-ring (bicyclic) bond motifs is 1. The number of carbonyl (C=O) groups excluding carboxylic acids is 3. The molecule has 2 aromatic rings. The highest BCUT2D eigenvalue weighted by Crippen LogP contribution is 2.39. The average Bonchev–Trinajstić information content (AvgIpc) is 3.23. The van der Waals surface area contributed by atoms with Gasteiger partial charge in [-0.3, -0.25) is 14.4 Å². The van der Waals surface area contributed by atoms with Crippen LogP contribution in [0.15, 0.2) is 29.8 Å². The van der Waals surface area contributed by atoms with E-state index < -0.39 is 6.04 Å². The number of nitrogens with zero attached hydrogens (tertiary/aromatic N) is 3. The zero-order valence-electron chi connectivity index (χ0n) is 25.3. The zero-order chi connectivity index (χ0) is 30.6. The highest BCUT2D eigenvalue weighted by molar-refractivity contribution is 6.02. The van der Waals surface area contributed by atoms with Crippen LogP contribution < -0.4 is 23.7 Å². The van der Waals surface area contributed by atoms with Crippen LogP contribution >= 0.6 is 0 Å². The molecule has 1 saturated heterocycles. The molecular formula is C31H39N3O8. The maximum Gasteiger partial charge on any atom is 0.254 e. The molecule has 1 unspecified atom stereocenters. The highest BCUT2D eigenvalue weighted by Gasteiger charge is 2.39. The largest absolute Gasteiger partial charge is 0.493 e. The van der Waals surface area contributed by atoms with Crippen molar-refractivity contribution < 1.29 is 38.1 Å². The number of benzene rings is 2. The number of aryl methyl sites for hydroxylation is 1. The van der Waals surface area contributed by atoms with Gasteiger partial charge in [0.1, 0.15) is 6.04 Å². The van der Waals surface area contributed by atoms with Gasteiger partial charge >= 0.3 is 0 Å². The normalized spacial score (nSPS) is 16.5. The molecule has 0 aromatic heterocycles. The summed E-state index contributed by atoms with van der Waals surface area (Å²) in [5, 5.41) is 0. The van der Waals surface area contributed by atoms with Crippen LogP contribution in [0.1, 0.15) is 34.3 Å². The summed E-state index contributed by atoms with van der Waals surface area (Å²) in [6.45, 7) is 0.510. The summed E-state index contributed by atoms with van der Waals surface area (Å²) in [6.07, 6.45) is 3.99. The third-order valence-corrected chi connectivity index (χ3v) is 7.71. The summed E-state index contributed by atoms with van der Waals surface area (Å²) in [7, 11) is 10.9. The molecule has 2 aromatic carbocycles. The first-order valence-corrected chi connectivity index (χ1v) is 13.7. The van der Waals surface area contributed by atoms with Crippen molar-refractivity contribution in [2.75, 3.05) is 69.3 Å². The van der Waals surface area contributed by atoms with Gasteiger partial charge < -0.3 is 38.4 Å². The number of amides is 3. The maximum absolute atomic E-state index is 14.0. The van der Waals surface area contributed by atoms with E-state index in [9.17, 15) is 14.4 Å². The van der Waals surface area contributed by atoms with Gasteiger partial charge in [0.25, 0.3) is 11.8 Å². The molecule has 1 fully saturated rings. The predicted octanol–water partition coefficient (Wildman–Crippen LogP) is 2.89. The van der Waals surface area contributed by atoms with Crippen LogP contribution in [0.5, 0.6) is 28.7 Å². The van der Waals surface area contributed by atoms with Crippen molar-refractivity contribution in [1.29, 1.82) is 0 Å². The number of piperazine rings is 1. The fraction of sp³-hybridized carbons (Fsp3) is 0.452. The smallest absolute Gasteiger partial charge is 0.254 e. The third kappa shape index (κ3) is 5.95. The summed E-state index contributed by atoms with van der Waals surface area (Å²) < 4.78 is 27.2. The quantitative estimate of drug-likeness (QED) is 0.469. The Balaban J connectivity index is 1.63. The van der Waals surface area contributed by atoms with E-state index >= 15 is 0 Å². The Morgan fingerprint density at radius 3 is 1.95 bits per heavy atom. The van der Waals surface area contributed by atoms with Crippen molar-refractivity contribution >= 4 is 23.8 Å². The molecule has 0 N–H and O–H groups in total. The molecule has 2 aliphatic rings. The average molecular weight is 582 g/mol. The molecule has 0 bridgehead atoms. The topological polar surface area (TPSA) is 107 Å². The Labute approximate surface area is 246 Å². The fourth-order valence-electron chi connectivity index (χ4n) is 5.48. The lowest BCUT2D eigenvalue weighted by Crippen LogP contribution is -2.61. The first-order valence-electron chi connectivity index (χ1n) is 13.7. The van der Waals surface area contributed by atoms with Crippen molar-refractivity contribution in [2.24, 2.45) is 0 Å². The lowest BCUT2D eigenvalue weighted by Gasteiger charge is -2.41. The van der Waals surface area contributed by atoms with Crippen molar-refractivity contribution in [1.82, 2.24) is 14.7 Å². The summed E-state index contributed by atoms with van der Waals surface area (Å²) in [5.41, 5.74) is 2.90. The second kappa shape index (κ2) is 13.1. The molecule has 1 aliphatic carbocycles. The minimum absolute atomic E-state index is 0.0487. The van der Waals surface area contributed by atoms with Gasteiger partial charge in [0.15, 0.2) is 23.0 Å². The van der Waals surface area contributed by atoms with Crippen LogP contribution in [0.3, 0.4) is 0 Å². The van der Waals surface area contributed by atoms with Gasteiger partial charge in [0, 0.05) is 38.3 Å². The minimum atomic E-state index is -0.846. The molecule has 3 amide bonds. The van der Waals surface area contributed by atoms with E-state index in [1.165, 1.54) is 26.2 Å². The van der Waals surface area contributed by atoms with Gasteiger partial charge in [-0.25, -0.2) is 0 Å². The molecule has 1 aliphatic heterocycles. The fourth-order valence-corrected chi connectivity index (χ4v) is 5.48. The Morgan fingerprint density at radius 2 is 1.38 bits per heavy atom. The van der Waals surface area contributed by atoms with Gasteiger partial charge in [-0.2, -0.15) is 0 Å². The lowest BCUT2D eigenvalue weighted by atomic mass is 10.0. The van der Waals surface area contributed by atoms with E-state index in [-0.39, 0.29) is 37.4 Å². The summed E-state index contributed by atoms with van der Waals surface area (Å²) >= 11 is 0. The molecule has 0 spiro atoms. The number of methoxy groups -OCH3 is 5. The molecule has 1 heterocycles. The van der Waals surface area contributed by atoms with E-state index in [1.54, 1.807) is 50.2 Å². The summed E-state index contributed by atoms with van der Waals surface area (Å²) in [5.74, 6) is 1.53. The standard InChI is InChI=1S/C31H39N3O8/c1-32(2)31(37)23-18-33(29(35)22-16-26(40-5)28(42-7)27(17-22)41-6)11-12-34(23)30(36)20-10-8-9-19-14-24(38-3)25(39-4)15-21(19)13-20/h13-17,23H,8-12,18H2,1-7H3. The monoisotopic (exact) mass is 581 g/mol. The molecule has 4 rings (SSSR count). The Morgan fingerprint density at radius 1 is 0.762 bits per heavy atom. The minimum Gasteiger partial charge on any atom is -0.493 e. The Hall–Kier alpha value is -4.41. The van der Waals surface area contributed by atoms with Gasteiger partial charge in [-0.15, -0.1) is 0 Å². The van der Waals surface area contributed by atoms with Crippen LogP contribution in [0.25, 0.3) is 6.08 Å². The number of rotatable bonds is 8. The predicted molar refractivity (Wildman–Crippen MR) is 157 cm³/mol. The first kappa shape index (κ1) is 30.5. The van der Waals surface area contributed by atoms with Crippen LogP contribution in [0.4, 0.5) is 0 Å². The molecule has 0 radical (unpaired) electrons. The van der Waals surface area contributed by atoms with Gasteiger partial charge in [-0.05, 0) is 60.7 Å². The summed E-state index contributed by atoms with van der Waals surface area (Å²) in [4.78, 5) is 45.7. The molecule has 226 valence electrons. The number of hydrogen-bond acceptors (Lipinski definition) is 8. The van der Waals surface area contributed by atoms with Crippen LogP contribution in [-0.2, 0) is 16.0 Å². The van der Waals surface area contributed by atoms with E-state index in [2.05, 4.69) is 0 Å². The summed E-state index contributed by atoms with van der Waals surface area (Å²) in [6, 6.07) is 6.15. The van der Waals surface area contributed by atoms with Crippen LogP contribution in [-0.4, -0.2) is 108 Å². The van der Waals surface area contributed by atoms with Gasteiger partial charge in [0.2, 0.25) is 11.7 Å². The van der Waals surface area contributed by atoms with Crippen molar-refractivity contribution in [3.63, 3.8) is 0 Å². The Bertz CT molecular complexity index is 1360. The molecule has 1 atom stereocenters. The van der Waals surface area contributed by atoms with Crippen molar-refractivity contribution in [2.45, 2.75) is 25.3 Å². The van der Waals surface area contributed by atoms with E-state index in [4.69, 9.17) is 23.7 Å². The first-order chi connectivity index (χ1) is 20.2. The Kier molecular flexibility index (Phi) is 9.49. The second-order valence-electron chi connectivity index (χ2n) is 10.3. The number of hydrogen-bond donors (Lipinski definition) is 0. The third-order valence-electron chi connectivity index (χ3n) is 7.71. The second-order valence-corrected chi connectivity index (χ2v) is 10.3. The highest BCUT2D eigenvalue weighted by atomic mass is 16.5. The van der Waals surface area contributed by atoms with Crippen LogP contribution in [0.2, 0.25) is 0 Å². The maximum atomic E-state index is 14.0. The van der Waals surface area contributed by atoms with Crippen LogP contribution in [0, 0.1) is 0 Å². The number of ether oxygens (including phenoxy) is 5. The number of carbonyl (C=O) groups is 3. The van der Waals surface area contributed by atoms with Gasteiger partial charge in [-0.1, -0.05) is 0 Å². The molecule has 42 heavy (non-hydrogen) atoms. The van der Waals surface area contributed by atoms with E-state index in [0.717, 1.165) is 24.0 Å². The van der Waals surface area contributed by atoms with E-state index in [1.807, 2.05) is 18.2 Å². The molecule has 11 nitrogen and oxygen atoms in total. The SMILES string of the molecule is COc1cc2c(cc1OC)CCCC(C(=O)N1CCN(C(=O)c3cc(OC)c(OC)c(OC)c3)CC1C(=O)N(C)C)=C2. The van der Waals surface area contributed by atoms with Gasteiger partial charge in [0.05, 0.1) is 42.1 Å². The van der Waals surface area contributed by atoms with E-state index in [0.29, 0.717) is 46.3 Å². The van der Waals surface area contributed by atoms with Crippen molar-refractivity contribution in [3.8, 4) is 28.7 Å². The van der Waals surface area contributed by atoms with Crippen molar-refractivity contribution in [3.05, 3.63) is 46.5 Å². The molecular weight excluding hydrogens is 542 g/mol. The number of likely N-dealkylation sites (N-methyl/N-ethyl adjacent to an activating group) is 1. The molecule has 11 heteroatoms. The zero-order valence-corrected chi connectivity index (χ0v) is 25.3.